The number of thiophene rings is 1. The Labute approximate surface area is 185 Å². The Kier molecular flexibility index (Phi) is 5.86. The lowest BCUT2D eigenvalue weighted by atomic mass is 9.95. The van der Waals surface area contributed by atoms with Crippen LogP contribution in [-0.4, -0.2) is 35.6 Å². The van der Waals surface area contributed by atoms with E-state index in [1.807, 2.05) is 35.6 Å². The number of nitrogens with zero attached hydrogens (tertiary/aromatic N) is 2. The normalized spacial score (nSPS) is 17.2. The Balaban J connectivity index is 1.18. The monoisotopic (exact) mass is 434 g/mol. The van der Waals surface area contributed by atoms with Gasteiger partial charge in [0.15, 0.2) is 0 Å². The molecule has 2 N–H and O–H groups in total. The number of carbonyl (C=O) groups excluding carboxylic acids is 1. The van der Waals surface area contributed by atoms with E-state index in [-0.39, 0.29) is 5.91 Å². The van der Waals surface area contributed by atoms with E-state index in [4.69, 9.17) is 4.74 Å². The largest absolute Gasteiger partial charge is 0.381 e. The number of allylic oxidation sites excluding steroid dienone is 2. The molecule has 2 aliphatic heterocycles. The van der Waals surface area contributed by atoms with Gasteiger partial charge in [-0.1, -0.05) is 0 Å². The van der Waals surface area contributed by atoms with E-state index in [9.17, 15) is 4.79 Å². The summed E-state index contributed by atoms with van der Waals surface area (Å²) in [6.07, 6.45) is 14.2. The Morgan fingerprint density at radius 1 is 1.32 bits per heavy atom. The van der Waals surface area contributed by atoms with Gasteiger partial charge in [0.05, 0.1) is 23.9 Å². The molecule has 1 fully saturated rings. The molecule has 3 aromatic rings. The van der Waals surface area contributed by atoms with E-state index in [1.165, 1.54) is 29.8 Å². The minimum Gasteiger partial charge on any atom is -0.381 e. The second-order valence-corrected chi connectivity index (χ2v) is 9.12. The molecule has 0 bridgehead atoms. The van der Waals surface area contributed by atoms with Gasteiger partial charge in [-0.05, 0) is 62.0 Å². The van der Waals surface area contributed by atoms with E-state index >= 15 is 0 Å². The van der Waals surface area contributed by atoms with Gasteiger partial charge in [0, 0.05) is 47.0 Å². The van der Waals surface area contributed by atoms with Gasteiger partial charge in [0.25, 0.3) is 5.91 Å². The Hall–Kier alpha value is -2.90. The quantitative estimate of drug-likeness (QED) is 0.593. The molecule has 1 saturated heterocycles. The summed E-state index contributed by atoms with van der Waals surface area (Å²) in [5.41, 5.74) is 3.45. The van der Waals surface area contributed by atoms with Gasteiger partial charge in [0.1, 0.15) is 5.69 Å². The van der Waals surface area contributed by atoms with Crippen LogP contribution in [0.1, 0.15) is 34.6 Å². The molecule has 6 nitrogen and oxygen atoms in total. The summed E-state index contributed by atoms with van der Waals surface area (Å²) < 4.78 is 5.46. The predicted octanol–water partition coefficient (Wildman–Crippen LogP) is 4.63. The van der Waals surface area contributed by atoms with Gasteiger partial charge >= 0.3 is 0 Å². The average Bonchev–Trinajstić information content (AvgIpc) is 3.46. The summed E-state index contributed by atoms with van der Waals surface area (Å²) in [5, 5.41) is 6.23. The fourth-order valence-corrected chi connectivity index (χ4v) is 5.05. The first-order valence-corrected chi connectivity index (χ1v) is 11.7. The second-order valence-electron chi connectivity index (χ2n) is 8.13. The molecule has 0 spiro atoms. The number of rotatable bonds is 6. The molecule has 0 radical (unpaired) electrons. The van der Waals surface area contributed by atoms with Crippen LogP contribution in [0.3, 0.4) is 0 Å². The van der Waals surface area contributed by atoms with Crippen LogP contribution in [-0.2, 0) is 11.2 Å². The molecule has 31 heavy (non-hydrogen) atoms. The second kappa shape index (κ2) is 9.08. The summed E-state index contributed by atoms with van der Waals surface area (Å²) in [4.78, 5) is 23.5. The molecule has 0 aliphatic carbocycles. The predicted molar refractivity (Wildman–Crippen MR) is 124 cm³/mol. The Morgan fingerprint density at radius 2 is 2.23 bits per heavy atom. The number of aryl methyl sites for hydroxylation is 1. The number of amides is 1. The van der Waals surface area contributed by atoms with Crippen LogP contribution >= 0.6 is 11.3 Å². The highest BCUT2D eigenvalue weighted by molar-refractivity contribution is 7.10. The summed E-state index contributed by atoms with van der Waals surface area (Å²) in [5.74, 6) is 0.652. The molecule has 1 amide bonds. The van der Waals surface area contributed by atoms with Crippen LogP contribution < -0.4 is 10.2 Å². The zero-order chi connectivity index (χ0) is 21.0. The molecule has 0 atom stereocenters. The molecular weight excluding hydrogens is 408 g/mol. The molecule has 2 aliphatic rings. The van der Waals surface area contributed by atoms with Crippen LogP contribution in [0.25, 0.3) is 10.9 Å². The summed E-state index contributed by atoms with van der Waals surface area (Å²) >= 11 is 1.82. The molecule has 0 saturated carbocycles. The molecular formula is C24H26N4O2S. The van der Waals surface area contributed by atoms with Crippen molar-refractivity contribution in [2.45, 2.75) is 25.7 Å². The molecule has 7 heteroatoms. The number of hydrogen-bond donors (Lipinski definition) is 2. The van der Waals surface area contributed by atoms with Gasteiger partial charge in [-0.2, -0.15) is 0 Å². The third-order valence-corrected chi connectivity index (χ3v) is 6.94. The van der Waals surface area contributed by atoms with E-state index in [0.29, 0.717) is 12.2 Å². The van der Waals surface area contributed by atoms with Crippen molar-refractivity contribution in [1.29, 1.82) is 0 Å². The van der Waals surface area contributed by atoms with Crippen LogP contribution in [0.2, 0.25) is 0 Å². The van der Waals surface area contributed by atoms with Crippen molar-refractivity contribution >= 4 is 33.8 Å². The van der Waals surface area contributed by atoms with Gasteiger partial charge in [-0.15, -0.1) is 11.3 Å². The smallest absolute Gasteiger partial charge is 0.271 e. The van der Waals surface area contributed by atoms with Crippen molar-refractivity contribution in [3.8, 4) is 0 Å². The maximum Gasteiger partial charge on any atom is 0.271 e. The number of H-pyrrole nitrogens is 1. The van der Waals surface area contributed by atoms with Gasteiger partial charge < -0.3 is 19.9 Å². The highest BCUT2D eigenvalue weighted by Gasteiger charge is 2.17. The summed E-state index contributed by atoms with van der Waals surface area (Å²) in [6.45, 7) is 2.46. The minimum atomic E-state index is -0.139. The molecule has 0 aromatic carbocycles. The van der Waals surface area contributed by atoms with Gasteiger partial charge in [0.2, 0.25) is 0 Å². The third-order valence-electron chi connectivity index (χ3n) is 5.96. The number of nitrogens with one attached hydrogen (secondary N) is 2. The first-order chi connectivity index (χ1) is 15.2. The maximum absolute atomic E-state index is 12.7. The lowest BCUT2D eigenvalue weighted by Crippen LogP contribution is -2.32. The van der Waals surface area contributed by atoms with Crippen molar-refractivity contribution in [2.24, 2.45) is 5.92 Å². The Morgan fingerprint density at radius 3 is 3.10 bits per heavy atom. The van der Waals surface area contributed by atoms with Crippen LogP contribution in [0.4, 0.5) is 5.69 Å². The molecule has 160 valence electrons. The number of ether oxygens (including phenoxy) is 1. The van der Waals surface area contributed by atoms with E-state index in [2.05, 4.69) is 37.8 Å². The fourth-order valence-electron chi connectivity index (χ4n) is 4.15. The number of hydrogen-bond acceptors (Lipinski definition) is 5. The number of carbonyl (C=O) groups is 1. The van der Waals surface area contributed by atoms with Gasteiger partial charge in [-0.25, -0.2) is 0 Å². The number of anilines is 1. The first-order valence-electron chi connectivity index (χ1n) is 10.8. The zero-order valence-electron chi connectivity index (χ0n) is 17.3. The zero-order valence-corrected chi connectivity index (χ0v) is 18.2. The molecule has 5 rings (SSSR count). The topological polar surface area (TPSA) is 70.2 Å². The lowest BCUT2D eigenvalue weighted by Gasteiger charge is -2.24. The average molecular weight is 435 g/mol. The van der Waals surface area contributed by atoms with Crippen molar-refractivity contribution in [2.75, 3.05) is 24.7 Å². The van der Waals surface area contributed by atoms with E-state index in [1.54, 1.807) is 12.4 Å². The summed E-state index contributed by atoms with van der Waals surface area (Å²) in [7, 11) is 0. The number of aromatic amines is 1. The Bertz CT molecular complexity index is 1090. The number of pyridine rings is 1. The number of fused-ring (bicyclic) bond motifs is 1. The standard InChI is InChI=1S/C24H26N4O2S/c29-24(22-12-18-5-8-25-14-23(18)27-22)26-19-2-1-9-28(15-19)20-13-21(31-16-20)4-3-17-6-10-30-11-7-17/h1-2,5,8-9,12-14,16-17,27H,3-4,6-7,10-11,15H2,(H,26,29). The van der Waals surface area contributed by atoms with Gasteiger partial charge in [-0.3, -0.25) is 9.78 Å². The maximum atomic E-state index is 12.7. The van der Waals surface area contributed by atoms with Crippen molar-refractivity contribution in [3.63, 3.8) is 0 Å². The van der Waals surface area contributed by atoms with E-state index < -0.39 is 0 Å². The van der Waals surface area contributed by atoms with Crippen molar-refractivity contribution < 1.29 is 9.53 Å². The lowest BCUT2D eigenvalue weighted by molar-refractivity contribution is 0.0641. The highest BCUT2D eigenvalue weighted by Crippen LogP contribution is 2.28. The molecule has 5 heterocycles. The minimum absolute atomic E-state index is 0.139. The summed E-state index contributed by atoms with van der Waals surface area (Å²) in [6, 6.07) is 6.03. The highest BCUT2D eigenvalue weighted by atomic mass is 32.1. The first kappa shape index (κ1) is 20.0. The molecule has 0 unspecified atom stereocenters. The van der Waals surface area contributed by atoms with Crippen molar-refractivity contribution in [3.05, 3.63) is 70.6 Å². The van der Waals surface area contributed by atoms with E-state index in [0.717, 1.165) is 42.2 Å². The van der Waals surface area contributed by atoms with Crippen LogP contribution in [0.5, 0.6) is 0 Å². The van der Waals surface area contributed by atoms with Crippen LogP contribution in [0.15, 0.2) is 60.0 Å². The van der Waals surface area contributed by atoms with Crippen molar-refractivity contribution in [1.82, 2.24) is 15.3 Å². The number of aromatic nitrogens is 2. The third kappa shape index (κ3) is 4.73. The van der Waals surface area contributed by atoms with Crippen LogP contribution in [0, 0.1) is 5.92 Å². The molecule has 3 aromatic heterocycles. The fraction of sp³-hybridized carbons (Fsp3) is 0.333. The SMILES string of the molecule is O=C(NC1=CC=CN(c2csc(CCC3CCOCC3)c2)C1)c1cc2ccncc2[nH]1.